The first-order chi connectivity index (χ1) is 16.3. The van der Waals surface area contributed by atoms with Gasteiger partial charge in [-0.25, -0.2) is 4.79 Å². The number of carbonyl (C=O) groups excluding carboxylic acids is 1. The second-order valence-corrected chi connectivity index (χ2v) is 8.42. The maximum Gasteiger partial charge on any atom is 0.335 e. The molecule has 1 aliphatic carbocycles. The number of hydrogen-bond donors (Lipinski definition) is 3. The molecule has 8 heteroatoms. The largest absolute Gasteiger partial charge is 0.505 e. The first-order valence-corrected chi connectivity index (χ1v) is 10.8. The zero-order chi connectivity index (χ0) is 24.0. The molecular formula is C26H22N4O4. The number of phenolic OH excluding ortho intramolecular Hbond substituents is 1. The molecule has 0 radical (unpaired) electrons. The van der Waals surface area contributed by atoms with Crippen molar-refractivity contribution in [3.05, 3.63) is 76.9 Å². The zero-order valence-corrected chi connectivity index (χ0v) is 18.7. The Kier molecular flexibility index (Phi) is 5.13. The predicted octanol–water partition coefficient (Wildman–Crippen LogP) is 4.36. The maximum absolute atomic E-state index is 13.0. The van der Waals surface area contributed by atoms with Crippen molar-refractivity contribution < 1.29 is 19.8 Å². The van der Waals surface area contributed by atoms with Gasteiger partial charge in [0, 0.05) is 5.56 Å². The summed E-state index contributed by atoms with van der Waals surface area (Å²) in [5.41, 5.74) is 8.88. The van der Waals surface area contributed by atoms with Crippen LogP contribution in [-0.4, -0.2) is 33.5 Å². The molecule has 1 aliphatic heterocycles. The number of hydrogen-bond acceptors (Lipinski definition) is 6. The molecule has 0 unspecified atom stereocenters. The van der Waals surface area contributed by atoms with E-state index in [0.29, 0.717) is 28.2 Å². The van der Waals surface area contributed by atoms with Crippen molar-refractivity contribution in [3.8, 4) is 16.9 Å². The molecule has 0 saturated heterocycles. The zero-order valence-electron chi connectivity index (χ0n) is 18.7. The van der Waals surface area contributed by atoms with Crippen LogP contribution in [-0.2, 0) is 17.6 Å². The van der Waals surface area contributed by atoms with Crippen LogP contribution < -0.4 is 10.4 Å². The third kappa shape index (κ3) is 3.69. The van der Waals surface area contributed by atoms with Crippen molar-refractivity contribution in [1.29, 1.82) is 0 Å². The third-order valence-electron chi connectivity index (χ3n) is 6.05. The highest BCUT2D eigenvalue weighted by Gasteiger charge is 2.31. The van der Waals surface area contributed by atoms with Crippen LogP contribution in [0.4, 0.5) is 11.4 Å². The number of aryl methyl sites for hydroxylation is 3. The minimum Gasteiger partial charge on any atom is -0.505 e. The van der Waals surface area contributed by atoms with Crippen LogP contribution in [0, 0.1) is 6.92 Å². The average Bonchev–Trinajstić information content (AvgIpc) is 3.08. The number of hydrazone groups is 2. The van der Waals surface area contributed by atoms with Crippen LogP contribution in [0.3, 0.4) is 0 Å². The Morgan fingerprint density at radius 2 is 1.85 bits per heavy atom. The van der Waals surface area contributed by atoms with Crippen molar-refractivity contribution in [3.63, 3.8) is 0 Å². The van der Waals surface area contributed by atoms with Gasteiger partial charge < -0.3 is 10.2 Å². The first-order valence-electron chi connectivity index (χ1n) is 10.8. The van der Waals surface area contributed by atoms with E-state index in [2.05, 4.69) is 15.6 Å². The molecule has 0 bridgehead atoms. The van der Waals surface area contributed by atoms with Crippen LogP contribution in [0.25, 0.3) is 11.1 Å². The van der Waals surface area contributed by atoms with Crippen molar-refractivity contribution in [2.75, 3.05) is 10.4 Å². The molecule has 0 fully saturated rings. The van der Waals surface area contributed by atoms with Gasteiger partial charge in [0.05, 0.1) is 22.6 Å². The number of aromatic carboxylic acids is 1. The summed E-state index contributed by atoms with van der Waals surface area (Å²) in [5.74, 6) is -1.51. The summed E-state index contributed by atoms with van der Waals surface area (Å²) in [6.07, 6.45) is 2.06. The van der Waals surface area contributed by atoms with Gasteiger partial charge in [-0.1, -0.05) is 18.2 Å². The van der Waals surface area contributed by atoms with Crippen LogP contribution in [0.15, 0.2) is 64.8 Å². The second-order valence-electron chi connectivity index (χ2n) is 8.42. The minimum absolute atomic E-state index is 0.100. The Morgan fingerprint density at radius 3 is 2.56 bits per heavy atom. The molecule has 8 nitrogen and oxygen atoms in total. The molecule has 5 rings (SSSR count). The van der Waals surface area contributed by atoms with Gasteiger partial charge in [0.25, 0.3) is 0 Å². The summed E-state index contributed by atoms with van der Waals surface area (Å²) in [7, 11) is 0. The number of nitrogens with zero attached hydrogens (tertiary/aromatic N) is 3. The van der Waals surface area contributed by atoms with Crippen LogP contribution in [0.5, 0.6) is 5.75 Å². The normalized spacial score (nSPS) is 15.7. The number of carboxylic acids is 1. The quantitative estimate of drug-likeness (QED) is 0.392. The number of benzene rings is 3. The average molecular weight is 454 g/mol. The molecule has 0 spiro atoms. The monoisotopic (exact) mass is 454 g/mol. The molecule has 0 aromatic heterocycles. The standard InChI is InChI=1S/C26H22N4O4/c1-14-10-21(18-4-3-5-19(12-18)26(33)34)24(31)22(11-14)27-28-23-15(2)29-30(25(23)32)20-9-8-16-6-7-17(16)13-20/h3-5,8-13,27,31H,6-7H2,1-2H3,(H,33,34)/b28-23-. The van der Waals surface area contributed by atoms with Crippen molar-refractivity contribution in [2.45, 2.75) is 26.7 Å². The Balaban J connectivity index is 1.43. The van der Waals surface area contributed by atoms with Crippen LogP contribution in [0.1, 0.15) is 34.0 Å². The third-order valence-corrected chi connectivity index (χ3v) is 6.05. The lowest BCUT2D eigenvalue weighted by atomic mass is 9.88. The number of anilines is 2. The Labute approximate surface area is 195 Å². The lowest BCUT2D eigenvalue weighted by molar-refractivity contribution is -0.112. The van der Waals surface area contributed by atoms with Gasteiger partial charge in [-0.05, 0) is 85.3 Å². The van der Waals surface area contributed by atoms with Gasteiger partial charge in [-0.3, -0.25) is 10.2 Å². The molecule has 3 aromatic rings. The molecular weight excluding hydrogens is 432 g/mol. The van der Waals surface area contributed by atoms with E-state index in [9.17, 15) is 19.8 Å². The second kappa shape index (κ2) is 8.15. The Morgan fingerprint density at radius 1 is 1.06 bits per heavy atom. The van der Waals surface area contributed by atoms with E-state index in [0.717, 1.165) is 18.4 Å². The molecule has 34 heavy (non-hydrogen) atoms. The Hall–Kier alpha value is -4.46. The molecule has 1 heterocycles. The maximum atomic E-state index is 13.0. The van der Waals surface area contributed by atoms with Gasteiger partial charge in [0.1, 0.15) is 5.75 Å². The highest BCUT2D eigenvalue weighted by molar-refractivity contribution is 6.71. The topological polar surface area (TPSA) is 115 Å². The molecule has 1 amide bonds. The van der Waals surface area contributed by atoms with Crippen molar-refractivity contribution in [2.24, 2.45) is 10.2 Å². The lowest BCUT2D eigenvalue weighted by Gasteiger charge is -2.21. The van der Waals surface area contributed by atoms with E-state index >= 15 is 0 Å². The molecule has 2 aliphatic rings. The fraction of sp³-hybridized carbons (Fsp3) is 0.154. The van der Waals surface area contributed by atoms with E-state index in [4.69, 9.17) is 0 Å². The number of amides is 1. The SMILES string of the molecule is CC1=NN(c2ccc3c(c2)CC3)C(=O)/C1=N\Nc1cc(C)cc(-c2cccc(C(=O)O)c2)c1O. The van der Waals surface area contributed by atoms with Crippen LogP contribution >= 0.6 is 0 Å². The van der Waals surface area contributed by atoms with E-state index in [1.165, 1.54) is 28.3 Å². The number of fused-ring (bicyclic) bond motifs is 1. The van der Waals surface area contributed by atoms with Gasteiger partial charge >= 0.3 is 11.9 Å². The van der Waals surface area contributed by atoms with E-state index in [-0.39, 0.29) is 22.9 Å². The summed E-state index contributed by atoms with van der Waals surface area (Å²) in [5, 5.41) is 30.1. The molecule has 3 aromatic carbocycles. The molecule has 170 valence electrons. The first kappa shape index (κ1) is 21.4. The van der Waals surface area contributed by atoms with Crippen molar-refractivity contribution in [1.82, 2.24) is 0 Å². The fourth-order valence-corrected chi connectivity index (χ4v) is 4.13. The number of carbonyl (C=O) groups is 2. The van der Waals surface area contributed by atoms with Gasteiger partial charge in [-0.2, -0.15) is 15.2 Å². The molecule has 0 saturated carbocycles. The highest BCUT2D eigenvalue weighted by Crippen LogP contribution is 2.37. The smallest absolute Gasteiger partial charge is 0.335 e. The Bertz CT molecular complexity index is 1420. The summed E-state index contributed by atoms with van der Waals surface area (Å²) >= 11 is 0. The number of aromatic hydroxyl groups is 1. The van der Waals surface area contributed by atoms with E-state index in [1.807, 2.05) is 25.1 Å². The lowest BCUT2D eigenvalue weighted by Crippen LogP contribution is -2.28. The van der Waals surface area contributed by atoms with E-state index < -0.39 is 5.97 Å². The van der Waals surface area contributed by atoms with Crippen LogP contribution in [0.2, 0.25) is 0 Å². The predicted molar refractivity (Wildman–Crippen MR) is 131 cm³/mol. The van der Waals surface area contributed by atoms with Gasteiger partial charge in [0.15, 0.2) is 5.71 Å². The highest BCUT2D eigenvalue weighted by atomic mass is 16.4. The fourth-order valence-electron chi connectivity index (χ4n) is 4.13. The molecule has 3 N–H and O–H groups in total. The van der Waals surface area contributed by atoms with Gasteiger partial charge in [0.2, 0.25) is 0 Å². The number of nitrogens with one attached hydrogen (secondary N) is 1. The van der Waals surface area contributed by atoms with E-state index in [1.54, 1.807) is 31.2 Å². The van der Waals surface area contributed by atoms with Crippen molar-refractivity contribution >= 4 is 34.7 Å². The molecule has 0 atom stereocenters. The minimum atomic E-state index is -1.05. The summed E-state index contributed by atoms with van der Waals surface area (Å²) in [4.78, 5) is 24.4. The summed E-state index contributed by atoms with van der Waals surface area (Å²) in [6.45, 7) is 3.56. The summed E-state index contributed by atoms with van der Waals surface area (Å²) in [6, 6.07) is 15.7. The number of carboxylic acid groups (broad SMARTS) is 1. The number of rotatable bonds is 5. The number of phenols is 1. The summed E-state index contributed by atoms with van der Waals surface area (Å²) < 4.78 is 0. The van der Waals surface area contributed by atoms with Gasteiger partial charge in [-0.15, -0.1) is 0 Å².